The van der Waals surface area contributed by atoms with Gasteiger partial charge in [0.05, 0.1) is 5.75 Å². The molecule has 134 valence electrons. The summed E-state index contributed by atoms with van der Waals surface area (Å²) in [5.74, 6) is 0.248. The van der Waals surface area contributed by atoms with Gasteiger partial charge in [-0.1, -0.05) is 56.8 Å². The molecule has 0 atom stereocenters. The van der Waals surface area contributed by atoms with Crippen molar-refractivity contribution in [2.24, 2.45) is 7.05 Å². The van der Waals surface area contributed by atoms with Crippen molar-refractivity contribution in [3.05, 3.63) is 29.8 Å². The summed E-state index contributed by atoms with van der Waals surface area (Å²) in [4.78, 5) is 22.4. The van der Waals surface area contributed by atoms with Gasteiger partial charge in [0.25, 0.3) is 0 Å². The van der Waals surface area contributed by atoms with Gasteiger partial charge in [-0.25, -0.2) is 0 Å². The monoisotopic (exact) mass is 361 g/mol. The van der Waals surface area contributed by atoms with Crippen LogP contribution in [0.3, 0.4) is 0 Å². The average molecular weight is 361 g/mol. The van der Waals surface area contributed by atoms with Gasteiger partial charge in [-0.15, -0.1) is 10.2 Å². The molecular formula is C17H23N5O2S. The highest BCUT2D eigenvalue weighted by Crippen LogP contribution is 2.26. The number of hydrogen-bond acceptors (Lipinski definition) is 5. The van der Waals surface area contributed by atoms with E-state index in [9.17, 15) is 9.59 Å². The topological polar surface area (TPSA) is 88.9 Å². The van der Waals surface area contributed by atoms with Gasteiger partial charge in [0.15, 0.2) is 11.0 Å². The third kappa shape index (κ3) is 5.06. The Morgan fingerprint density at radius 2 is 1.76 bits per heavy atom. The first-order chi connectivity index (χ1) is 11.7. The van der Waals surface area contributed by atoms with E-state index in [1.165, 1.54) is 24.2 Å². The molecule has 0 unspecified atom stereocenters. The highest BCUT2D eigenvalue weighted by atomic mass is 32.2. The van der Waals surface area contributed by atoms with E-state index < -0.39 is 0 Å². The number of aromatic nitrogens is 3. The number of thioether (sulfide) groups is 1. The molecule has 2 amide bonds. The van der Waals surface area contributed by atoms with Crippen LogP contribution in [0, 0.1) is 0 Å². The summed E-state index contributed by atoms with van der Waals surface area (Å²) in [6.07, 6.45) is 0. The number of carbonyl (C=O) groups excluding carboxylic acids is 2. The Hall–Kier alpha value is -2.35. The zero-order chi connectivity index (χ0) is 18.6. The first-order valence-electron chi connectivity index (χ1n) is 7.87. The lowest BCUT2D eigenvalue weighted by molar-refractivity contribution is -0.126. The summed E-state index contributed by atoms with van der Waals surface area (Å²) in [5, 5.41) is 8.99. The maximum atomic E-state index is 11.6. The first kappa shape index (κ1) is 19.0. The van der Waals surface area contributed by atoms with E-state index in [1.54, 1.807) is 0 Å². The zero-order valence-electron chi connectivity index (χ0n) is 15.1. The summed E-state index contributed by atoms with van der Waals surface area (Å²) < 4.78 is 1.85. The van der Waals surface area contributed by atoms with Gasteiger partial charge < -0.3 is 4.57 Å². The van der Waals surface area contributed by atoms with Crippen LogP contribution in [0.5, 0.6) is 0 Å². The Bertz CT molecular complexity index is 762. The quantitative estimate of drug-likeness (QED) is 0.643. The molecule has 2 rings (SSSR count). The summed E-state index contributed by atoms with van der Waals surface area (Å²) >= 11 is 1.26. The van der Waals surface area contributed by atoms with Crippen LogP contribution in [0.1, 0.15) is 33.3 Å². The van der Waals surface area contributed by atoms with E-state index in [0.717, 1.165) is 11.4 Å². The molecule has 0 saturated heterocycles. The van der Waals surface area contributed by atoms with E-state index in [2.05, 4.69) is 54.0 Å². The van der Waals surface area contributed by atoms with E-state index in [1.807, 2.05) is 23.7 Å². The number of amides is 2. The molecule has 1 aromatic heterocycles. The normalized spacial score (nSPS) is 11.2. The number of carbonyl (C=O) groups is 2. The van der Waals surface area contributed by atoms with Crippen LogP contribution in [0.4, 0.5) is 0 Å². The van der Waals surface area contributed by atoms with Crippen molar-refractivity contribution < 1.29 is 9.59 Å². The lowest BCUT2D eigenvalue weighted by atomic mass is 9.87. The molecule has 2 N–H and O–H groups in total. The molecule has 0 radical (unpaired) electrons. The second kappa shape index (κ2) is 7.69. The highest BCUT2D eigenvalue weighted by molar-refractivity contribution is 7.99. The van der Waals surface area contributed by atoms with E-state index >= 15 is 0 Å². The van der Waals surface area contributed by atoms with Crippen LogP contribution < -0.4 is 10.9 Å². The minimum atomic E-state index is -0.321. The van der Waals surface area contributed by atoms with Crippen LogP contribution in [0.15, 0.2) is 29.4 Å². The Morgan fingerprint density at radius 1 is 1.12 bits per heavy atom. The zero-order valence-corrected chi connectivity index (χ0v) is 15.9. The van der Waals surface area contributed by atoms with Crippen LogP contribution in [-0.2, 0) is 22.1 Å². The third-order valence-corrected chi connectivity index (χ3v) is 4.57. The highest BCUT2D eigenvalue weighted by Gasteiger charge is 2.16. The standard InChI is InChI=1S/C17H23N5O2S/c1-11(23)18-19-14(24)10-25-16-21-20-15(22(16)5)12-6-8-13(9-7-12)17(2,3)4/h6-9H,10H2,1-5H3,(H,18,23)(H,19,24). The Kier molecular flexibility index (Phi) is 5.84. The predicted molar refractivity (Wildman–Crippen MR) is 97.8 cm³/mol. The van der Waals surface area contributed by atoms with Gasteiger partial charge in [0.1, 0.15) is 0 Å². The summed E-state index contributed by atoms with van der Waals surface area (Å²) in [6.45, 7) is 7.84. The minimum absolute atomic E-state index is 0.0979. The molecule has 0 fully saturated rings. The number of hydrazine groups is 1. The molecule has 0 saturated carbocycles. The fourth-order valence-electron chi connectivity index (χ4n) is 2.14. The summed E-state index contributed by atoms with van der Waals surface area (Å²) in [7, 11) is 1.86. The van der Waals surface area contributed by atoms with E-state index in [-0.39, 0.29) is 23.0 Å². The Labute approximate surface area is 151 Å². The second-order valence-electron chi connectivity index (χ2n) is 6.71. The lowest BCUT2D eigenvalue weighted by Gasteiger charge is -2.19. The molecule has 1 aromatic carbocycles. The summed E-state index contributed by atoms with van der Waals surface area (Å²) in [5.41, 5.74) is 6.88. The van der Waals surface area contributed by atoms with E-state index in [4.69, 9.17) is 0 Å². The van der Waals surface area contributed by atoms with Gasteiger partial charge in [0.2, 0.25) is 11.8 Å². The number of rotatable bonds is 4. The van der Waals surface area contributed by atoms with Crippen molar-refractivity contribution in [1.82, 2.24) is 25.6 Å². The van der Waals surface area contributed by atoms with Gasteiger partial charge >= 0.3 is 0 Å². The van der Waals surface area contributed by atoms with Crippen LogP contribution >= 0.6 is 11.8 Å². The molecule has 0 aliphatic carbocycles. The number of nitrogens with zero attached hydrogens (tertiary/aromatic N) is 3. The van der Waals surface area contributed by atoms with Crippen LogP contribution in [0.25, 0.3) is 11.4 Å². The molecular weight excluding hydrogens is 338 g/mol. The van der Waals surface area contributed by atoms with Crippen molar-refractivity contribution in [2.75, 3.05) is 5.75 Å². The van der Waals surface area contributed by atoms with Crippen molar-refractivity contribution in [1.29, 1.82) is 0 Å². The SMILES string of the molecule is CC(=O)NNC(=O)CSc1nnc(-c2ccc(C(C)(C)C)cc2)n1C. The fraction of sp³-hybridized carbons (Fsp3) is 0.412. The maximum Gasteiger partial charge on any atom is 0.248 e. The van der Waals surface area contributed by atoms with Gasteiger partial charge in [0, 0.05) is 19.5 Å². The van der Waals surface area contributed by atoms with Crippen molar-refractivity contribution >= 4 is 23.6 Å². The largest absolute Gasteiger partial charge is 0.305 e. The third-order valence-electron chi connectivity index (χ3n) is 3.55. The average Bonchev–Trinajstić information content (AvgIpc) is 2.91. The van der Waals surface area contributed by atoms with Gasteiger partial charge in [-0.3, -0.25) is 20.4 Å². The molecule has 0 aliphatic rings. The Morgan fingerprint density at radius 3 is 2.32 bits per heavy atom. The first-order valence-corrected chi connectivity index (χ1v) is 8.85. The molecule has 1 heterocycles. The Balaban J connectivity index is 2.05. The number of hydrogen-bond donors (Lipinski definition) is 2. The van der Waals surface area contributed by atoms with Gasteiger partial charge in [-0.2, -0.15) is 0 Å². The molecule has 0 bridgehead atoms. The van der Waals surface area contributed by atoms with E-state index in [0.29, 0.717) is 5.16 Å². The lowest BCUT2D eigenvalue weighted by Crippen LogP contribution is -2.41. The van der Waals surface area contributed by atoms with Crippen LogP contribution in [0.2, 0.25) is 0 Å². The maximum absolute atomic E-state index is 11.6. The number of nitrogens with one attached hydrogen (secondary N) is 2. The molecule has 7 nitrogen and oxygen atoms in total. The molecule has 8 heteroatoms. The minimum Gasteiger partial charge on any atom is -0.305 e. The van der Waals surface area contributed by atoms with Crippen molar-refractivity contribution in [3.63, 3.8) is 0 Å². The molecule has 0 aliphatic heterocycles. The molecule has 0 spiro atoms. The predicted octanol–water partition coefficient (Wildman–Crippen LogP) is 2.04. The van der Waals surface area contributed by atoms with Crippen LogP contribution in [-0.4, -0.2) is 32.3 Å². The smallest absolute Gasteiger partial charge is 0.248 e. The molecule has 25 heavy (non-hydrogen) atoms. The summed E-state index contributed by atoms with van der Waals surface area (Å²) in [6, 6.07) is 8.25. The second-order valence-corrected chi connectivity index (χ2v) is 7.65. The fourth-order valence-corrected chi connectivity index (χ4v) is 2.85. The van der Waals surface area contributed by atoms with Gasteiger partial charge in [-0.05, 0) is 11.0 Å². The van der Waals surface area contributed by atoms with Crippen molar-refractivity contribution in [2.45, 2.75) is 38.3 Å². The number of benzene rings is 1. The van der Waals surface area contributed by atoms with Crippen molar-refractivity contribution in [3.8, 4) is 11.4 Å². The molecule has 2 aromatic rings.